The summed E-state index contributed by atoms with van der Waals surface area (Å²) in [6.07, 6.45) is 3.80. The quantitative estimate of drug-likeness (QED) is 0.264. The highest BCUT2D eigenvalue weighted by molar-refractivity contribution is 7.99. The smallest absolute Gasteiger partial charge is 0.271 e. The predicted molar refractivity (Wildman–Crippen MR) is 116 cm³/mol. The summed E-state index contributed by atoms with van der Waals surface area (Å²) in [5, 5.41) is 14.2. The Balaban J connectivity index is 1.58. The fourth-order valence-electron chi connectivity index (χ4n) is 3.75. The molecule has 1 saturated carbocycles. The minimum absolute atomic E-state index is 0.0318. The molecular weight excluding hydrogens is 423 g/mol. The van der Waals surface area contributed by atoms with Crippen molar-refractivity contribution in [3.63, 3.8) is 0 Å². The van der Waals surface area contributed by atoms with E-state index in [9.17, 15) is 24.1 Å². The number of nitrogens with zero attached hydrogens (tertiary/aromatic N) is 3. The lowest BCUT2D eigenvalue weighted by molar-refractivity contribution is -0.384. The Bertz CT molecular complexity index is 1220. The van der Waals surface area contributed by atoms with Gasteiger partial charge in [-0.1, -0.05) is 36.7 Å². The molecule has 3 aromatic rings. The summed E-state index contributed by atoms with van der Waals surface area (Å²) in [7, 11) is 0. The second-order valence-electron chi connectivity index (χ2n) is 7.28. The molecule has 0 unspecified atom stereocenters. The number of para-hydroxylation sites is 1. The summed E-state index contributed by atoms with van der Waals surface area (Å²) in [5.41, 5.74) is -0.172. The highest BCUT2D eigenvalue weighted by Crippen LogP contribution is 2.32. The van der Waals surface area contributed by atoms with Gasteiger partial charge in [-0.25, -0.2) is 9.37 Å². The highest BCUT2D eigenvalue weighted by Gasteiger charge is 2.23. The van der Waals surface area contributed by atoms with E-state index in [1.165, 1.54) is 0 Å². The van der Waals surface area contributed by atoms with Crippen molar-refractivity contribution < 1.29 is 14.1 Å². The van der Waals surface area contributed by atoms with Crippen LogP contribution in [-0.4, -0.2) is 26.1 Å². The van der Waals surface area contributed by atoms with E-state index < -0.39 is 16.6 Å². The molecule has 1 aliphatic carbocycles. The van der Waals surface area contributed by atoms with E-state index in [1.54, 1.807) is 28.8 Å². The van der Waals surface area contributed by atoms with Crippen LogP contribution in [0.15, 0.2) is 52.4 Å². The minimum atomic E-state index is -0.768. The standard InChI is InChI=1S/C21H19FN4O4S/c22-16-10-9-14(26(29)30)11-18(16)23-19(27)12-31-21-24-17-8-4-3-7-15(17)20(28)25(21)13-5-1-2-6-13/h3-4,7-11,13H,1-2,5-6,12H2,(H,23,27). The number of aromatic nitrogens is 2. The van der Waals surface area contributed by atoms with Crippen molar-refractivity contribution in [2.24, 2.45) is 0 Å². The molecule has 1 amide bonds. The van der Waals surface area contributed by atoms with Crippen molar-refractivity contribution in [2.45, 2.75) is 36.9 Å². The molecule has 1 fully saturated rings. The molecule has 0 spiro atoms. The van der Waals surface area contributed by atoms with Gasteiger partial charge in [0.05, 0.1) is 27.3 Å². The number of thioether (sulfide) groups is 1. The molecule has 1 aliphatic rings. The van der Waals surface area contributed by atoms with E-state index in [-0.39, 0.29) is 28.7 Å². The maximum atomic E-state index is 14.0. The average Bonchev–Trinajstić information content (AvgIpc) is 3.28. The lowest BCUT2D eigenvalue weighted by atomic mass is 10.2. The third-order valence-corrected chi connectivity index (χ3v) is 6.19. The molecule has 31 heavy (non-hydrogen) atoms. The first-order valence-corrected chi connectivity index (χ1v) is 10.8. The monoisotopic (exact) mass is 442 g/mol. The molecule has 0 atom stereocenters. The van der Waals surface area contributed by atoms with E-state index in [1.807, 2.05) is 0 Å². The Morgan fingerprint density at radius 1 is 1.26 bits per heavy atom. The van der Waals surface area contributed by atoms with Crippen LogP contribution in [0.3, 0.4) is 0 Å². The van der Waals surface area contributed by atoms with Gasteiger partial charge in [0.2, 0.25) is 5.91 Å². The summed E-state index contributed by atoms with van der Waals surface area (Å²) < 4.78 is 15.6. The molecule has 160 valence electrons. The number of amides is 1. The van der Waals surface area contributed by atoms with E-state index in [0.29, 0.717) is 16.1 Å². The van der Waals surface area contributed by atoms with Crippen molar-refractivity contribution in [3.8, 4) is 0 Å². The van der Waals surface area contributed by atoms with Gasteiger partial charge in [0.15, 0.2) is 5.16 Å². The van der Waals surface area contributed by atoms with Crippen molar-refractivity contribution >= 4 is 39.9 Å². The Kier molecular flexibility index (Phi) is 5.99. The molecule has 0 radical (unpaired) electrons. The number of carbonyl (C=O) groups is 1. The molecule has 1 N–H and O–H groups in total. The van der Waals surface area contributed by atoms with Crippen molar-refractivity contribution in [1.82, 2.24) is 9.55 Å². The normalized spacial score (nSPS) is 14.1. The maximum Gasteiger partial charge on any atom is 0.271 e. The lowest BCUT2D eigenvalue weighted by Gasteiger charge is -2.18. The molecule has 0 bridgehead atoms. The van der Waals surface area contributed by atoms with Gasteiger partial charge >= 0.3 is 0 Å². The second kappa shape index (κ2) is 8.84. The Morgan fingerprint density at radius 2 is 2.00 bits per heavy atom. The van der Waals surface area contributed by atoms with Gasteiger partial charge in [0.25, 0.3) is 11.2 Å². The number of fused-ring (bicyclic) bond motifs is 1. The topological polar surface area (TPSA) is 107 Å². The third-order valence-electron chi connectivity index (χ3n) is 5.23. The molecule has 8 nitrogen and oxygen atoms in total. The summed E-state index contributed by atoms with van der Waals surface area (Å²) in [6.45, 7) is 0. The number of carbonyl (C=O) groups excluding carboxylic acids is 1. The highest BCUT2D eigenvalue weighted by atomic mass is 32.2. The van der Waals surface area contributed by atoms with Crippen LogP contribution in [0.4, 0.5) is 15.8 Å². The maximum absolute atomic E-state index is 14.0. The van der Waals surface area contributed by atoms with Gasteiger partial charge in [-0.3, -0.25) is 24.3 Å². The first-order valence-electron chi connectivity index (χ1n) is 9.82. The van der Waals surface area contributed by atoms with E-state index in [4.69, 9.17) is 0 Å². The van der Waals surface area contributed by atoms with Crippen LogP contribution in [-0.2, 0) is 4.79 Å². The first-order chi connectivity index (χ1) is 14.9. The number of nitro benzene ring substituents is 1. The summed E-state index contributed by atoms with van der Waals surface area (Å²) >= 11 is 1.09. The predicted octanol–water partition coefficient (Wildman–Crippen LogP) is 4.29. The SMILES string of the molecule is O=C(CSc1nc2ccccc2c(=O)n1C1CCCC1)Nc1cc([N+](=O)[O-])ccc1F. The Hall–Kier alpha value is -3.27. The zero-order valence-corrected chi connectivity index (χ0v) is 17.2. The van der Waals surface area contributed by atoms with E-state index in [0.717, 1.165) is 55.6 Å². The van der Waals surface area contributed by atoms with Crippen LogP contribution in [0, 0.1) is 15.9 Å². The molecule has 0 saturated heterocycles. The summed E-state index contributed by atoms with van der Waals surface area (Å²) in [4.78, 5) is 40.4. The van der Waals surface area contributed by atoms with Crippen LogP contribution < -0.4 is 10.9 Å². The van der Waals surface area contributed by atoms with Crippen LogP contribution >= 0.6 is 11.8 Å². The van der Waals surface area contributed by atoms with Gasteiger partial charge in [-0.05, 0) is 31.0 Å². The number of rotatable bonds is 6. The molecule has 10 heteroatoms. The van der Waals surface area contributed by atoms with Crippen molar-refractivity contribution in [1.29, 1.82) is 0 Å². The lowest BCUT2D eigenvalue weighted by Crippen LogP contribution is -2.27. The molecular formula is C21H19FN4O4S. The number of nitrogens with one attached hydrogen (secondary N) is 1. The Labute approximate surface area is 180 Å². The number of anilines is 1. The number of halogens is 1. The summed E-state index contributed by atoms with van der Waals surface area (Å²) in [5.74, 6) is -1.44. The molecule has 1 heterocycles. The molecule has 4 rings (SSSR count). The van der Waals surface area contributed by atoms with Crippen LogP contribution in [0.1, 0.15) is 31.7 Å². The van der Waals surface area contributed by atoms with Crippen molar-refractivity contribution in [2.75, 3.05) is 11.1 Å². The fraction of sp³-hybridized carbons (Fsp3) is 0.286. The van der Waals surface area contributed by atoms with Crippen LogP contribution in [0.2, 0.25) is 0 Å². The van der Waals surface area contributed by atoms with Gasteiger partial charge < -0.3 is 5.32 Å². The second-order valence-corrected chi connectivity index (χ2v) is 8.23. The number of benzene rings is 2. The number of hydrogen-bond donors (Lipinski definition) is 1. The van der Waals surface area contributed by atoms with E-state index >= 15 is 0 Å². The van der Waals surface area contributed by atoms with Gasteiger partial charge in [-0.15, -0.1) is 0 Å². The number of hydrogen-bond acceptors (Lipinski definition) is 6. The van der Waals surface area contributed by atoms with Crippen LogP contribution in [0.5, 0.6) is 0 Å². The number of non-ortho nitro benzene ring substituents is 1. The van der Waals surface area contributed by atoms with Crippen LogP contribution in [0.25, 0.3) is 10.9 Å². The third kappa shape index (κ3) is 4.43. The Morgan fingerprint density at radius 3 is 2.74 bits per heavy atom. The fourth-order valence-corrected chi connectivity index (χ4v) is 4.62. The number of nitro groups is 1. The molecule has 0 aliphatic heterocycles. The first kappa shape index (κ1) is 21.0. The zero-order chi connectivity index (χ0) is 22.0. The minimum Gasteiger partial charge on any atom is -0.323 e. The molecule has 2 aromatic carbocycles. The zero-order valence-electron chi connectivity index (χ0n) is 16.4. The van der Waals surface area contributed by atoms with E-state index in [2.05, 4.69) is 10.3 Å². The van der Waals surface area contributed by atoms with Gasteiger partial charge in [0, 0.05) is 18.2 Å². The average molecular weight is 442 g/mol. The molecule has 1 aromatic heterocycles. The van der Waals surface area contributed by atoms with Gasteiger partial charge in [0.1, 0.15) is 5.82 Å². The van der Waals surface area contributed by atoms with Crippen molar-refractivity contribution in [3.05, 3.63) is 68.7 Å². The largest absolute Gasteiger partial charge is 0.323 e. The summed E-state index contributed by atoms with van der Waals surface area (Å²) in [6, 6.07) is 10.0. The van der Waals surface area contributed by atoms with Gasteiger partial charge in [-0.2, -0.15) is 0 Å².